The van der Waals surface area contributed by atoms with Crippen molar-refractivity contribution in [3.05, 3.63) is 105 Å². The largest absolute Gasteiger partial charge is 2.00 e. The molecule has 3 aromatic rings. The summed E-state index contributed by atoms with van der Waals surface area (Å²) in [6, 6.07) is 23.9. The van der Waals surface area contributed by atoms with Crippen LogP contribution < -0.4 is 11.1 Å². The normalized spacial score (nSPS) is 11.9. The van der Waals surface area contributed by atoms with Crippen LogP contribution >= 0.6 is 15.9 Å². The number of nitro benzene ring substituents is 1. The van der Waals surface area contributed by atoms with Gasteiger partial charge in [0.05, 0.1) is 11.0 Å². The minimum Gasteiger partial charge on any atom is -0.387 e. The molecule has 6 nitrogen and oxygen atoms in total. The van der Waals surface area contributed by atoms with Crippen molar-refractivity contribution < 1.29 is 10.0 Å². The smallest absolute Gasteiger partial charge is 0.387 e. The Kier molecular flexibility index (Phi) is 13.1. The van der Waals surface area contributed by atoms with Crippen LogP contribution in [-0.2, 0) is 0 Å². The second kappa shape index (κ2) is 15.0. The quantitative estimate of drug-likeness (QED) is 0.167. The Morgan fingerprint density at radius 3 is 2.19 bits per heavy atom. The number of aliphatic hydroxyl groups is 1. The maximum atomic E-state index is 11.0. The van der Waals surface area contributed by atoms with Crippen LogP contribution in [0.3, 0.4) is 0 Å². The van der Waals surface area contributed by atoms with E-state index in [4.69, 9.17) is 5.73 Å². The molecule has 4 N–H and O–H groups in total. The van der Waals surface area contributed by atoms with Gasteiger partial charge in [-0.15, -0.1) is 0 Å². The molecule has 3 rings (SSSR count). The van der Waals surface area contributed by atoms with Gasteiger partial charge in [0.2, 0.25) is 0 Å². The second-order valence-corrected chi connectivity index (χ2v) is 8.08. The van der Waals surface area contributed by atoms with Crippen LogP contribution in [-0.4, -0.2) is 45.7 Å². The topological polar surface area (TPSA) is 101 Å². The van der Waals surface area contributed by atoms with E-state index in [-0.39, 0.29) is 34.8 Å². The fraction of sp³-hybridized carbons (Fsp3) is 0.250. The summed E-state index contributed by atoms with van der Waals surface area (Å²) in [6.07, 6.45) is 0.609. The van der Waals surface area contributed by atoms with Gasteiger partial charge in [-0.25, -0.2) is 0 Å². The number of nitrogens with one attached hydrogen (secondary N) is 1. The summed E-state index contributed by atoms with van der Waals surface area (Å²) in [4.78, 5) is 10.6. The van der Waals surface area contributed by atoms with Crippen LogP contribution in [0.25, 0.3) is 0 Å². The molecule has 0 aliphatic rings. The number of halogens is 1. The minimum atomic E-state index is -0.709. The van der Waals surface area contributed by atoms with Crippen LogP contribution in [0.2, 0.25) is 0 Å². The van der Waals surface area contributed by atoms with E-state index in [1.807, 2.05) is 67.6 Å². The summed E-state index contributed by atoms with van der Waals surface area (Å²) in [5, 5.41) is 24.3. The van der Waals surface area contributed by atoms with E-state index >= 15 is 0 Å². The molecule has 0 fully saturated rings. The first-order valence-electron chi connectivity index (χ1n) is 10.1. The van der Waals surface area contributed by atoms with Crippen LogP contribution in [0.4, 0.5) is 11.4 Å². The zero-order valence-electron chi connectivity index (χ0n) is 18.2. The van der Waals surface area contributed by atoms with Crippen molar-refractivity contribution in [1.82, 2.24) is 0 Å². The van der Waals surface area contributed by atoms with Crippen molar-refractivity contribution in [2.24, 2.45) is 5.73 Å². The van der Waals surface area contributed by atoms with E-state index in [2.05, 4.69) is 21.2 Å². The molecular formula is C24H28BrMgN3O3+2. The summed E-state index contributed by atoms with van der Waals surface area (Å²) in [5.74, 6) is 0. The second-order valence-electron chi connectivity index (χ2n) is 7.16. The maximum absolute atomic E-state index is 11.0. The molecule has 32 heavy (non-hydrogen) atoms. The molecule has 2 unspecified atom stereocenters. The van der Waals surface area contributed by atoms with Crippen molar-refractivity contribution in [1.29, 1.82) is 0 Å². The first kappa shape index (κ1) is 28.1. The van der Waals surface area contributed by atoms with Crippen LogP contribution in [0, 0.1) is 17.0 Å². The first-order valence-corrected chi connectivity index (χ1v) is 10.9. The standard InChI is InChI=1S/C18H23N3O3.C6H5Br.Mg/c1-13-9-10-17(21(23)24)16(12-13)20-11-5-8-15(19)18(22)14-6-3-2-4-7-14;7-6-4-2-1-3-5-6;/h2-4,6-7,9-10,12,15,18,20,22H,5,8,11,19H2,1H3;1-5H;/q;;+2. The number of aryl methyl sites for hydroxylation is 1. The third-order valence-corrected chi connectivity index (χ3v) is 5.19. The molecule has 3 aromatic carbocycles. The maximum Gasteiger partial charge on any atom is 2.00 e. The average molecular weight is 511 g/mol. The van der Waals surface area contributed by atoms with Gasteiger partial charge in [0, 0.05) is 23.1 Å². The number of nitrogens with zero attached hydrogens (tertiary/aromatic N) is 1. The van der Waals surface area contributed by atoms with Crippen molar-refractivity contribution in [3.8, 4) is 0 Å². The van der Waals surface area contributed by atoms with Crippen molar-refractivity contribution in [2.75, 3.05) is 11.9 Å². The molecule has 0 bridgehead atoms. The van der Waals surface area contributed by atoms with Gasteiger partial charge in [-0.05, 0) is 49.1 Å². The van der Waals surface area contributed by atoms with Gasteiger partial charge in [0.25, 0.3) is 5.69 Å². The average Bonchev–Trinajstić information content (AvgIpc) is 2.77. The van der Waals surface area contributed by atoms with Crippen LogP contribution in [0.15, 0.2) is 83.3 Å². The Labute approximate surface area is 213 Å². The van der Waals surface area contributed by atoms with Gasteiger partial charge in [-0.3, -0.25) is 10.1 Å². The van der Waals surface area contributed by atoms with Gasteiger partial charge < -0.3 is 16.2 Å². The fourth-order valence-corrected chi connectivity index (χ4v) is 3.29. The van der Waals surface area contributed by atoms with Gasteiger partial charge in [0.1, 0.15) is 5.69 Å². The fourth-order valence-electron chi connectivity index (χ4n) is 2.98. The third-order valence-electron chi connectivity index (χ3n) is 4.66. The summed E-state index contributed by atoms with van der Waals surface area (Å²) < 4.78 is 1.13. The number of hydrogen-bond donors (Lipinski definition) is 3. The minimum absolute atomic E-state index is 0. The number of anilines is 1. The molecule has 0 saturated heterocycles. The molecule has 164 valence electrons. The van der Waals surface area contributed by atoms with Crippen LogP contribution in [0.5, 0.6) is 0 Å². The first-order chi connectivity index (χ1) is 14.9. The Hall–Kier alpha value is -1.97. The summed E-state index contributed by atoms with van der Waals surface area (Å²) in [5.41, 5.74) is 8.38. The van der Waals surface area contributed by atoms with Gasteiger partial charge >= 0.3 is 23.1 Å². The zero-order valence-corrected chi connectivity index (χ0v) is 21.2. The summed E-state index contributed by atoms with van der Waals surface area (Å²) in [7, 11) is 0. The number of rotatable bonds is 8. The molecule has 0 heterocycles. The van der Waals surface area contributed by atoms with E-state index in [9.17, 15) is 15.2 Å². The molecule has 2 atom stereocenters. The number of nitrogens with two attached hydrogens (primary N) is 1. The van der Waals surface area contributed by atoms with E-state index in [0.29, 0.717) is 25.1 Å². The van der Waals surface area contributed by atoms with Crippen molar-refractivity contribution in [3.63, 3.8) is 0 Å². The van der Waals surface area contributed by atoms with E-state index in [1.165, 1.54) is 6.07 Å². The van der Waals surface area contributed by atoms with E-state index in [1.54, 1.807) is 12.1 Å². The van der Waals surface area contributed by atoms with Crippen molar-refractivity contribution >= 4 is 50.4 Å². The summed E-state index contributed by atoms with van der Waals surface area (Å²) in [6.45, 7) is 2.44. The molecule has 0 amide bonds. The zero-order chi connectivity index (χ0) is 22.6. The Morgan fingerprint density at radius 2 is 1.66 bits per heavy atom. The Balaban J connectivity index is 0.000000545. The number of nitro groups is 1. The molecular weight excluding hydrogens is 482 g/mol. The number of benzene rings is 3. The SMILES string of the molecule is Brc1ccccc1.Cc1ccc([N+](=O)[O-])c(NCCCC(N)C(O)c2ccccc2)c1.[Mg+2]. The molecule has 0 aliphatic carbocycles. The molecule has 0 radical (unpaired) electrons. The number of hydrogen-bond acceptors (Lipinski definition) is 5. The third kappa shape index (κ3) is 9.66. The van der Waals surface area contributed by atoms with Gasteiger partial charge in [-0.2, -0.15) is 0 Å². The molecule has 0 aliphatic heterocycles. The Bertz CT molecular complexity index is 946. The summed E-state index contributed by atoms with van der Waals surface area (Å²) >= 11 is 3.31. The molecule has 0 saturated carbocycles. The molecule has 0 aromatic heterocycles. The van der Waals surface area contributed by atoms with Gasteiger partial charge in [-0.1, -0.05) is 70.5 Å². The van der Waals surface area contributed by atoms with Gasteiger partial charge in [0.15, 0.2) is 0 Å². The predicted octanol–water partition coefficient (Wildman–Crippen LogP) is 5.22. The van der Waals surface area contributed by atoms with E-state index < -0.39 is 11.0 Å². The molecule has 0 spiro atoms. The van der Waals surface area contributed by atoms with Crippen molar-refractivity contribution in [2.45, 2.75) is 31.9 Å². The molecule has 8 heteroatoms. The number of aliphatic hydroxyl groups excluding tert-OH is 1. The van der Waals surface area contributed by atoms with E-state index in [0.717, 1.165) is 15.6 Å². The Morgan fingerprint density at radius 1 is 1.06 bits per heavy atom. The monoisotopic (exact) mass is 509 g/mol. The predicted molar refractivity (Wildman–Crippen MR) is 135 cm³/mol. The van der Waals surface area contributed by atoms with Crippen LogP contribution in [0.1, 0.15) is 30.1 Å².